The van der Waals surface area contributed by atoms with E-state index in [1.54, 1.807) is 11.6 Å². The van der Waals surface area contributed by atoms with Crippen molar-refractivity contribution in [3.05, 3.63) is 59.1 Å². The Hall–Kier alpha value is -4.24. The van der Waals surface area contributed by atoms with Crippen LogP contribution < -0.4 is 20.7 Å². The van der Waals surface area contributed by atoms with Gasteiger partial charge in [0.15, 0.2) is 29.8 Å². The van der Waals surface area contributed by atoms with Crippen molar-refractivity contribution in [1.82, 2.24) is 25.4 Å². The van der Waals surface area contributed by atoms with Crippen LogP contribution in [0.15, 0.2) is 58.6 Å². The Bertz CT molecular complexity index is 1420. The van der Waals surface area contributed by atoms with Gasteiger partial charge in [0.05, 0.1) is 17.4 Å². The summed E-state index contributed by atoms with van der Waals surface area (Å²) in [7, 11) is 1.28. The number of aliphatic carboxylic acids is 1. The van der Waals surface area contributed by atoms with Crippen LogP contribution in [0.5, 0.6) is 0 Å². The number of nitrogens with two attached hydrogens (primary N) is 1. The fraction of sp³-hybridized carbons (Fsp3) is 0.227. The molecule has 1 saturated heterocycles. The van der Waals surface area contributed by atoms with E-state index in [0.29, 0.717) is 11.3 Å². The van der Waals surface area contributed by atoms with Gasteiger partial charge in [-0.15, -0.1) is 23.1 Å². The number of aromatic nitrogens is 4. The molecule has 0 saturated carbocycles. The van der Waals surface area contributed by atoms with Crippen LogP contribution in [0.2, 0.25) is 0 Å². The molecule has 4 N–H and O–H groups in total. The first-order chi connectivity index (χ1) is 17.9. The van der Waals surface area contributed by atoms with Crippen molar-refractivity contribution in [3.8, 4) is 11.3 Å². The van der Waals surface area contributed by atoms with Gasteiger partial charge in [-0.2, -0.15) is 5.10 Å². The maximum atomic E-state index is 13.0. The number of oxime groups is 1. The van der Waals surface area contributed by atoms with Crippen molar-refractivity contribution >= 4 is 51.7 Å². The number of aromatic amines is 1. The van der Waals surface area contributed by atoms with E-state index in [-0.39, 0.29) is 28.8 Å². The predicted molar refractivity (Wildman–Crippen MR) is 131 cm³/mol. The number of amides is 2. The molecule has 0 unspecified atom stereocenters. The number of carboxylic acids is 1. The normalized spacial score (nSPS) is 19.3. The molecule has 0 bridgehead atoms. The Morgan fingerprint density at radius 3 is 2.78 bits per heavy atom. The van der Waals surface area contributed by atoms with Crippen molar-refractivity contribution in [2.45, 2.75) is 18.0 Å². The molecule has 2 aliphatic heterocycles. The second-order valence-electron chi connectivity index (χ2n) is 8.01. The second kappa shape index (κ2) is 10.0. The summed E-state index contributed by atoms with van der Waals surface area (Å²) < 4.78 is 1.81. The Labute approximate surface area is 218 Å². The molecule has 0 radical (unpaired) electrons. The quantitative estimate of drug-likeness (QED) is 0.138. The number of nitrogens with zero attached hydrogens (tertiary/aromatic N) is 5. The van der Waals surface area contributed by atoms with Crippen LogP contribution in [0.1, 0.15) is 5.69 Å². The minimum atomic E-state index is -1.45. The first kappa shape index (κ1) is 24.5. The van der Waals surface area contributed by atoms with Crippen LogP contribution >= 0.6 is 23.1 Å². The number of H-pyrrole nitrogens is 1. The van der Waals surface area contributed by atoms with Gasteiger partial charge in [0.1, 0.15) is 24.2 Å². The monoisotopic (exact) mass is 540 g/mol. The summed E-state index contributed by atoms with van der Waals surface area (Å²) in [6.07, 6.45) is 5.34. The Kier molecular flexibility index (Phi) is 6.62. The number of fused-ring (bicyclic) bond motifs is 1. The molecule has 5 rings (SSSR count). The van der Waals surface area contributed by atoms with Gasteiger partial charge < -0.3 is 25.8 Å². The number of hydrogen-bond acceptors (Lipinski definition) is 11. The molecule has 0 aromatic carbocycles. The van der Waals surface area contributed by atoms with Crippen LogP contribution in [-0.4, -0.2) is 67.9 Å². The van der Waals surface area contributed by atoms with Crippen LogP contribution in [0.25, 0.3) is 11.3 Å². The van der Waals surface area contributed by atoms with E-state index in [4.69, 9.17) is 10.6 Å². The lowest BCUT2D eigenvalue weighted by atomic mass is 10.0. The molecule has 2 amide bonds. The lowest BCUT2D eigenvalue weighted by molar-refractivity contribution is -0.689. The van der Waals surface area contributed by atoms with Gasteiger partial charge in [0.25, 0.3) is 11.8 Å². The third-order valence-corrected chi connectivity index (χ3v) is 7.76. The minimum absolute atomic E-state index is 0.145. The molecule has 2 aliphatic rings. The molecule has 13 nitrogen and oxygen atoms in total. The fourth-order valence-corrected chi connectivity index (χ4v) is 5.95. The Morgan fingerprint density at radius 1 is 1.38 bits per heavy atom. The second-order valence-corrected chi connectivity index (χ2v) is 10.0. The number of thioether (sulfide) groups is 1. The molecular weight excluding hydrogens is 520 g/mol. The summed E-state index contributed by atoms with van der Waals surface area (Å²) in [5, 5.41) is 26.5. The summed E-state index contributed by atoms with van der Waals surface area (Å²) in [6, 6.07) is 4.62. The Balaban J connectivity index is 1.32. The SMILES string of the molecule is CO/N=C(\C(=O)N[C@@H]1C(=O)N2C(C(=O)[O-])=C(C[n+]3ccc(-c4cc[nH]n4)cc3)CS[C@@H]12)c1csc(N)n1. The molecule has 1 fully saturated rings. The molecule has 15 heteroatoms. The van der Waals surface area contributed by atoms with Crippen LogP contribution in [0.4, 0.5) is 5.13 Å². The smallest absolute Gasteiger partial charge is 0.276 e. The molecule has 0 spiro atoms. The maximum absolute atomic E-state index is 13.0. The highest BCUT2D eigenvalue weighted by Crippen LogP contribution is 2.40. The highest BCUT2D eigenvalue weighted by Gasteiger charge is 2.53. The largest absolute Gasteiger partial charge is 0.543 e. The topological polar surface area (TPSA) is 183 Å². The molecule has 3 aromatic heterocycles. The standard InChI is InChI=1S/C22H20N8O5S2/c1-35-28-15(14-10-37-22(23)25-14)18(31)26-16-19(32)30-17(21(33)34)12(9-36-20(16)30)8-29-6-3-11(4-7-29)13-2-5-24-27-13/h2-7,10,16,20H,8-9H2,1H3,(H4,23,25,26,31,33,34)/b28-15-/t16-,20+/m1/s1. The number of nitrogens with one attached hydrogen (secondary N) is 2. The lowest BCUT2D eigenvalue weighted by Crippen LogP contribution is -2.71. The van der Waals surface area contributed by atoms with Crippen molar-refractivity contribution in [2.75, 3.05) is 18.6 Å². The van der Waals surface area contributed by atoms with E-state index in [0.717, 1.165) is 27.5 Å². The van der Waals surface area contributed by atoms with Gasteiger partial charge in [0, 0.05) is 40.6 Å². The first-order valence-electron chi connectivity index (χ1n) is 10.9. The summed E-state index contributed by atoms with van der Waals surface area (Å²) in [5.74, 6) is -2.37. The maximum Gasteiger partial charge on any atom is 0.276 e. The van der Waals surface area contributed by atoms with Gasteiger partial charge in [-0.25, -0.2) is 9.55 Å². The summed E-state index contributed by atoms with van der Waals surface area (Å²) in [4.78, 5) is 47.9. The van der Waals surface area contributed by atoms with Crippen LogP contribution in [0, 0.1) is 0 Å². The number of thiazole rings is 1. The third kappa shape index (κ3) is 4.65. The third-order valence-electron chi connectivity index (χ3n) is 5.75. The number of hydrogen-bond donors (Lipinski definition) is 3. The van der Waals surface area contributed by atoms with E-state index >= 15 is 0 Å². The number of β-lactam (4-membered cyclic amide) rings is 1. The predicted octanol–water partition coefficient (Wildman–Crippen LogP) is -1.14. The summed E-state index contributed by atoms with van der Waals surface area (Å²) in [5.41, 5.74) is 7.74. The van der Waals surface area contributed by atoms with E-state index in [1.807, 2.05) is 35.2 Å². The number of nitrogen functional groups attached to an aromatic ring is 1. The number of carbonyl (C=O) groups is 3. The summed E-state index contributed by atoms with van der Waals surface area (Å²) in [6.45, 7) is 0.251. The van der Waals surface area contributed by atoms with Gasteiger partial charge in [0.2, 0.25) is 0 Å². The number of anilines is 1. The highest BCUT2D eigenvalue weighted by molar-refractivity contribution is 8.00. The number of rotatable bonds is 8. The number of pyridine rings is 1. The minimum Gasteiger partial charge on any atom is -0.543 e. The molecule has 2 atom stereocenters. The molecule has 0 aliphatic carbocycles. The van der Waals surface area contributed by atoms with Crippen LogP contribution in [-0.2, 0) is 25.8 Å². The van der Waals surface area contributed by atoms with Gasteiger partial charge in [-0.1, -0.05) is 5.16 Å². The molecule has 3 aromatic rings. The van der Waals surface area contributed by atoms with Gasteiger partial charge in [-0.3, -0.25) is 19.6 Å². The zero-order valence-electron chi connectivity index (χ0n) is 19.3. The number of carboxylic acid groups (broad SMARTS) is 1. The lowest BCUT2D eigenvalue weighted by Gasteiger charge is -2.50. The molecule has 190 valence electrons. The summed E-state index contributed by atoms with van der Waals surface area (Å²) >= 11 is 2.47. The van der Waals surface area contributed by atoms with Gasteiger partial charge >= 0.3 is 0 Å². The Morgan fingerprint density at radius 2 is 2.16 bits per heavy atom. The van der Waals surface area contributed by atoms with Crippen molar-refractivity contribution in [2.24, 2.45) is 5.16 Å². The zero-order valence-corrected chi connectivity index (χ0v) is 20.9. The molecule has 37 heavy (non-hydrogen) atoms. The van der Waals surface area contributed by atoms with Crippen molar-refractivity contribution in [1.29, 1.82) is 0 Å². The van der Waals surface area contributed by atoms with E-state index < -0.39 is 29.2 Å². The van der Waals surface area contributed by atoms with Crippen molar-refractivity contribution < 1.29 is 28.9 Å². The average molecular weight is 541 g/mol. The average Bonchev–Trinajstić information content (AvgIpc) is 3.58. The van der Waals surface area contributed by atoms with E-state index in [9.17, 15) is 19.5 Å². The number of carbonyl (C=O) groups excluding carboxylic acids is 3. The fourth-order valence-electron chi connectivity index (χ4n) is 4.07. The molecular formula is C22H20N8O5S2. The van der Waals surface area contributed by atoms with Crippen molar-refractivity contribution in [3.63, 3.8) is 0 Å². The van der Waals surface area contributed by atoms with E-state index in [2.05, 4.69) is 25.7 Å². The zero-order chi connectivity index (χ0) is 26.1. The van der Waals surface area contributed by atoms with Crippen LogP contribution in [0.3, 0.4) is 0 Å². The van der Waals surface area contributed by atoms with Gasteiger partial charge in [-0.05, 0) is 6.07 Å². The molecule has 5 heterocycles. The first-order valence-corrected chi connectivity index (χ1v) is 12.8. The highest BCUT2D eigenvalue weighted by atomic mass is 32.2. The van der Waals surface area contributed by atoms with E-state index in [1.165, 1.54) is 18.9 Å².